The van der Waals surface area contributed by atoms with Gasteiger partial charge in [-0.05, 0) is 5.56 Å². The molecule has 1 heterocycles. The lowest BCUT2D eigenvalue weighted by Crippen LogP contribution is -2.50. The van der Waals surface area contributed by atoms with Gasteiger partial charge in [-0.1, -0.05) is 30.3 Å². The molecule has 2 rings (SSSR count). The van der Waals surface area contributed by atoms with Crippen molar-refractivity contribution in [2.75, 3.05) is 13.2 Å². The Kier molecular flexibility index (Phi) is 3.56. The maximum atomic E-state index is 9.95. The molecule has 1 saturated heterocycles. The molecular formula is C12H16O4. The molecule has 0 bridgehead atoms. The van der Waals surface area contributed by atoms with Gasteiger partial charge in [0.25, 0.3) is 0 Å². The first-order valence-electron chi connectivity index (χ1n) is 5.37. The molecule has 0 amide bonds. The van der Waals surface area contributed by atoms with Gasteiger partial charge in [0.05, 0.1) is 19.3 Å². The Hall–Kier alpha value is -0.940. The number of aliphatic hydroxyl groups excluding tert-OH is 3. The molecule has 0 unspecified atom stereocenters. The summed E-state index contributed by atoms with van der Waals surface area (Å²) in [5, 5.41) is 28.6. The van der Waals surface area contributed by atoms with E-state index in [-0.39, 0.29) is 12.5 Å². The highest BCUT2D eigenvalue weighted by Gasteiger charge is 2.38. The molecule has 4 atom stereocenters. The van der Waals surface area contributed by atoms with Gasteiger partial charge in [0, 0.05) is 5.92 Å². The van der Waals surface area contributed by atoms with Gasteiger partial charge >= 0.3 is 0 Å². The maximum Gasteiger partial charge on any atom is 0.109 e. The maximum absolute atomic E-state index is 9.95. The van der Waals surface area contributed by atoms with Crippen LogP contribution in [0.5, 0.6) is 0 Å². The molecule has 1 aromatic rings. The van der Waals surface area contributed by atoms with Crippen molar-refractivity contribution in [1.82, 2.24) is 0 Å². The Morgan fingerprint density at radius 1 is 1.12 bits per heavy atom. The van der Waals surface area contributed by atoms with Crippen LogP contribution in [-0.4, -0.2) is 46.8 Å². The summed E-state index contributed by atoms with van der Waals surface area (Å²) in [7, 11) is 0. The SMILES string of the molecule is OC[C@H]1OC[C@@H](c2ccccc2)[C@@H](O)[C@@H]1O. The van der Waals surface area contributed by atoms with Crippen molar-refractivity contribution in [3.8, 4) is 0 Å². The van der Waals surface area contributed by atoms with Crippen molar-refractivity contribution in [2.24, 2.45) is 0 Å². The first kappa shape index (κ1) is 11.5. The molecule has 0 spiro atoms. The van der Waals surface area contributed by atoms with Crippen molar-refractivity contribution >= 4 is 0 Å². The summed E-state index contributed by atoms with van der Waals surface area (Å²) in [4.78, 5) is 0. The van der Waals surface area contributed by atoms with Crippen molar-refractivity contribution in [3.05, 3.63) is 35.9 Å². The van der Waals surface area contributed by atoms with E-state index in [0.29, 0.717) is 6.61 Å². The molecule has 0 radical (unpaired) electrons. The van der Waals surface area contributed by atoms with Crippen LogP contribution in [0.1, 0.15) is 11.5 Å². The minimum Gasteiger partial charge on any atom is -0.394 e. The molecule has 16 heavy (non-hydrogen) atoms. The zero-order valence-corrected chi connectivity index (χ0v) is 8.86. The van der Waals surface area contributed by atoms with E-state index in [1.807, 2.05) is 30.3 Å². The highest BCUT2D eigenvalue weighted by Crippen LogP contribution is 2.28. The second kappa shape index (κ2) is 4.93. The van der Waals surface area contributed by atoms with Crippen LogP contribution in [0.25, 0.3) is 0 Å². The number of aliphatic hydroxyl groups is 3. The minimum absolute atomic E-state index is 0.237. The second-order valence-corrected chi connectivity index (χ2v) is 4.05. The van der Waals surface area contributed by atoms with Crippen molar-refractivity contribution in [2.45, 2.75) is 24.2 Å². The van der Waals surface area contributed by atoms with Gasteiger partial charge in [-0.25, -0.2) is 0 Å². The molecule has 0 saturated carbocycles. The fourth-order valence-electron chi connectivity index (χ4n) is 2.04. The number of benzene rings is 1. The Morgan fingerprint density at radius 2 is 1.81 bits per heavy atom. The van der Waals surface area contributed by atoms with Crippen LogP contribution in [0.2, 0.25) is 0 Å². The molecule has 0 aromatic heterocycles. The van der Waals surface area contributed by atoms with Crippen molar-refractivity contribution < 1.29 is 20.1 Å². The van der Waals surface area contributed by atoms with Crippen molar-refractivity contribution in [1.29, 1.82) is 0 Å². The summed E-state index contributed by atoms with van der Waals surface area (Å²) in [5.41, 5.74) is 0.936. The largest absolute Gasteiger partial charge is 0.394 e. The van der Waals surface area contributed by atoms with Crippen LogP contribution in [-0.2, 0) is 4.74 Å². The third-order valence-corrected chi connectivity index (χ3v) is 3.04. The Bertz CT molecular complexity index is 327. The monoisotopic (exact) mass is 224 g/mol. The molecule has 1 aromatic carbocycles. The third kappa shape index (κ3) is 2.10. The van der Waals surface area contributed by atoms with E-state index >= 15 is 0 Å². The average molecular weight is 224 g/mol. The van der Waals surface area contributed by atoms with Gasteiger partial charge in [-0.2, -0.15) is 0 Å². The molecule has 3 N–H and O–H groups in total. The van der Waals surface area contributed by atoms with E-state index < -0.39 is 18.3 Å². The normalized spacial score (nSPS) is 34.9. The van der Waals surface area contributed by atoms with E-state index in [0.717, 1.165) is 5.56 Å². The van der Waals surface area contributed by atoms with Crippen LogP contribution < -0.4 is 0 Å². The molecule has 1 aliphatic rings. The predicted octanol–water partition coefficient (Wildman–Crippen LogP) is -0.117. The first-order chi connectivity index (χ1) is 7.74. The van der Waals surface area contributed by atoms with E-state index in [2.05, 4.69) is 0 Å². The van der Waals surface area contributed by atoms with Gasteiger partial charge < -0.3 is 20.1 Å². The van der Waals surface area contributed by atoms with Crippen LogP contribution >= 0.6 is 0 Å². The Balaban J connectivity index is 2.14. The predicted molar refractivity (Wildman–Crippen MR) is 58.0 cm³/mol. The van der Waals surface area contributed by atoms with E-state index in [4.69, 9.17) is 9.84 Å². The van der Waals surface area contributed by atoms with Crippen LogP contribution in [0.15, 0.2) is 30.3 Å². The van der Waals surface area contributed by atoms with Crippen LogP contribution in [0.3, 0.4) is 0 Å². The highest BCUT2D eigenvalue weighted by atomic mass is 16.5. The van der Waals surface area contributed by atoms with Crippen molar-refractivity contribution in [3.63, 3.8) is 0 Å². The fraction of sp³-hybridized carbons (Fsp3) is 0.500. The van der Waals surface area contributed by atoms with Gasteiger partial charge in [0.2, 0.25) is 0 Å². The summed E-state index contributed by atoms with van der Waals surface area (Å²) in [6, 6.07) is 9.44. The third-order valence-electron chi connectivity index (χ3n) is 3.04. The molecule has 0 aliphatic carbocycles. The lowest BCUT2D eigenvalue weighted by molar-refractivity contribution is -0.158. The van der Waals surface area contributed by atoms with E-state index in [1.165, 1.54) is 0 Å². The number of ether oxygens (including phenoxy) is 1. The average Bonchev–Trinajstić information content (AvgIpc) is 2.34. The zero-order chi connectivity index (χ0) is 11.5. The van der Waals surface area contributed by atoms with Gasteiger partial charge in [0.15, 0.2) is 0 Å². The van der Waals surface area contributed by atoms with E-state index in [9.17, 15) is 10.2 Å². The quantitative estimate of drug-likeness (QED) is 0.655. The standard InChI is InChI=1S/C12H16O4/c13-6-10-12(15)11(14)9(7-16-10)8-4-2-1-3-5-8/h1-5,9-15H,6-7H2/t9-,10+,11+,12+/m0/s1. The smallest absolute Gasteiger partial charge is 0.109 e. The number of hydrogen-bond donors (Lipinski definition) is 3. The topological polar surface area (TPSA) is 69.9 Å². The second-order valence-electron chi connectivity index (χ2n) is 4.05. The minimum atomic E-state index is -1.04. The summed E-state index contributed by atoms with van der Waals surface area (Å²) in [5.74, 6) is -0.237. The number of hydrogen-bond acceptors (Lipinski definition) is 4. The Morgan fingerprint density at radius 3 is 2.44 bits per heavy atom. The molecule has 1 aliphatic heterocycles. The zero-order valence-electron chi connectivity index (χ0n) is 8.86. The van der Waals surface area contributed by atoms with Crippen LogP contribution in [0.4, 0.5) is 0 Å². The van der Waals surface area contributed by atoms with Crippen LogP contribution in [0, 0.1) is 0 Å². The Labute approximate surface area is 94.1 Å². The molecule has 88 valence electrons. The lowest BCUT2D eigenvalue weighted by atomic mass is 9.87. The first-order valence-corrected chi connectivity index (χ1v) is 5.37. The fourth-order valence-corrected chi connectivity index (χ4v) is 2.04. The summed E-state index contributed by atoms with van der Waals surface area (Å²) in [6.07, 6.45) is -2.62. The summed E-state index contributed by atoms with van der Waals surface area (Å²) >= 11 is 0. The molecule has 4 heteroatoms. The van der Waals surface area contributed by atoms with E-state index in [1.54, 1.807) is 0 Å². The van der Waals surface area contributed by atoms with Gasteiger partial charge in [-0.3, -0.25) is 0 Å². The summed E-state index contributed by atoms with van der Waals surface area (Å²) < 4.78 is 5.32. The molecule has 1 fully saturated rings. The molecular weight excluding hydrogens is 208 g/mol. The summed E-state index contributed by atoms with van der Waals surface area (Å²) in [6.45, 7) is 0.0349. The van der Waals surface area contributed by atoms with Gasteiger partial charge in [-0.15, -0.1) is 0 Å². The number of rotatable bonds is 2. The lowest BCUT2D eigenvalue weighted by Gasteiger charge is -2.37. The van der Waals surface area contributed by atoms with Gasteiger partial charge in [0.1, 0.15) is 12.2 Å². The molecule has 4 nitrogen and oxygen atoms in total. The highest BCUT2D eigenvalue weighted by molar-refractivity contribution is 5.22.